The number of carbonyl (C=O) groups excluding carboxylic acids is 1. The Morgan fingerprint density at radius 1 is 1.05 bits per heavy atom. The maximum absolute atomic E-state index is 13.4. The lowest BCUT2D eigenvalue weighted by Gasteiger charge is -2.21. The molecule has 0 unspecified atom stereocenters. The normalized spacial score (nSPS) is 11.2. The van der Waals surface area contributed by atoms with Crippen molar-refractivity contribution < 1.29 is 15.0 Å². The van der Waals surface area contributed by atoms with Gasteiger partial charge in [-0.3, -0.25) is 4.79 Å². The highest BCUT2D eigenvalue weighted by Crippen LogP contribution is 2.35. The number of rotatable bonds is 8. The molecule has 9 nitrogen and oxygen atoms in total. The lowest BCUT2D eigenvalue weighted by molar-refractivity contribution is 0.0781. The number of benzene rings is 3. The summed E-state index contributed by atoms with van der Waals surface area (Å²) in [5.41, 5.74) is 3.09. The van der Waals surface area contributed by atoms with E-state index in [0.29, 0.717) is 24.8 Å². The molecule has 1 amide bonds. The van der Waals surface area contributed by atoms with Crippen LogP contribution in [0.3, 0.4) is 0 Å². The minimum atomic E-state index is -0.492. The van der Waals surface area contributed by atoms with Crippen LogP contribution >= 0.6 is 0 Å². The average Bonchev–Trinajstić information content (AvgIpc) is 3.24. The van der Waals surface area contributed by atoms with Crippen molar-refractivity contribution in [2.75, 3.05) is 7.05 Å². The summed E-state index contributed by atoms with van der Waals surface area (Å²) in [6.45, 7) is 6.98. The number of hydrogen-bond donors (Lipinski definition) is 4. The Balaban J connectivity index is 1.69. The standard InChI is InChI=1S/C28H31N5O4/c1-17(2)29-15-19-10-6-7-11-20(19)16-32(4)27(36)22-13-21(24(34)14-25(22)35)26-30-31-28(37)33(26)23-12-8-5-9-18(23)3/h5-14,17,29,34-35H,15-16H2,1-4H3,(H,31,37). The molecule has 1 aromatic heterocycles. The second kappa shape index (κ2) is 10.7. The Morgan fingerprint density at radius 3 is 2.43 bits per heavy atom. The Bertz CT molecular complexity index is 1490. The monoisotopic (exact) mass is 501 g/mol. The molecular formula is C28H31N5O4. The summed E-state index contributed by atoms with van der Waals surface area (Å²) in [5, 5.41) is 31.1. The van der Waals surface area contributed by atoms with E-state index in [2.05, 4.69) is 29.4 Å². The van der Waals surface area contributed by atoms with Crippen LogP contribution in [0.5, 0.6) is 11.5 Å². The number of aromatic hydroxyl groups is 2. The van der Waals surface area contributed by atoms with Crippen molar-refractivity contribution in [3.8, 4) is 28.6 Å². The van der Waals surface area contributed by atoms with Crippen molar-refractivity contribution in [3.05, 3.63) is 93.4 Å². The van der Waals surface area contributed by atoms with E-state index in [1.165, 1.54) is 15.5 Å². The smallest absolute Gasteiger partial charge is 0.348 e. The van der Waals surface area contributed by atoms with Crippen molar-refractivity contribution >= 4 is 5.91 Å². The molecule has 1 heterocycles. The number of aromatic amines is 1. The number of carbonyl (C=O) groups is 1. The summed E-state index contributed by atoms with van der Waals surface area (Å²) in [4.78, 5) is 27.6. The number of nitrogens with zero attached hydrogens (tertiary/aromatic N) is 3. The highest BCUT2D eigenvalue weighted by Gasteiger charge is 2.23. The molecule has 192 valence electrons. The third-order valence-corrected chi connectivity index (χ3v) is 6.19. The molecule has 9 heteroatoms. The summed E-state index contributed by atoms with van der Waals surface area (Å²) in [5.74, 6) is -0.992. The van der Waals surface area contributed by atoms with Gasteiger partial charge in [-0.15, -0.1) is 0 Å². The lowest BCUT2D eigenvalue weighted by atomic mass is 10.0. The maximum Gasteiger partial charge on any atom is 0.348 e. The van der Waals surface area contributed by atoms with E-state index in [1.807, 2.05) is 43.3 Å². The number of phenols is 2. The van der Waals surface area contributed by atoms with Gasteiger partial charge in [0.1, 0.15) is 11.5 Å². The van der Waals surface area contributed by atoms with Crippen LogP contribution in [0.4, 0.5) is 0 Å². The molecule has 0 atom stereocenters. The quantitative estimate of drug-likeness (QED) is 0.292. The Morgan fingerprint density at radius 2 is 1.73 bits per heavy atom. The summed E-state index contributed by atoms with van der Waals surface area (Å²) < 4.78 is 1.33. The molecule has 37 heavy (non-hydrogen) atoms. The number of aromatic nitrogens is 3. The van der Waals surface area contributed by atoms with Crippen LogP contribution in [0.1, 0.15) is 40.9 Å². The lowest BCUT2D eigenvalue weighted by Crippen LogP contribution is -2.28. The molecule has 0 saturated carbocycles. The summed E-state index contributed by atoms with van der Waals surface area (Å²) in [6.07, 6.45) is 0. The summed E-state index contributed by atoms with van der Waals surface area (Å²) in [6, 6.07) is 17.9. The first-order chi connectivity index (χ1) is 17.7. The summed E-state index contributed by atoms with van der Waals surface area (Å²) in [7, 11) is 1.65. The van der Waals surface area contributed by atoms with Gasteiger partial charge in [0, 0.05) is 32.2 Å². The molecule has 4 N–H and O–H groups in total. The highest BCUT2D eigenvalue weighted by molar-refractivity contribution is 5.98. The number of aryl methyl sites for hydroxylation is 1. The maximum atomic E-state index is 13.4. The van der Waals surface area contributed by atoms with Gasteiger partial charge in [0.15, 0.2) is 5.82 Å². The molecule has 0 radical (unpaired) electrons. The van der Waals surface area contributed by atoms with Crippen LogP contribution in [-0.2, 0) is 13.1 Å². The second-order valence-corrected chi connectivity index (χ2v) is 9.33. The van der Waals surface area contributed by atoms with Gasteiger partial charge in [-0.05, 0) is 35.7 Å². The molecule has 0 aliphatic rings. The SMILES string of the molecule is Cc1ccccc1-n1c(-c2cc(C(=O)N(C)Cc3ccccc3CNC(C)C)c(O)cc2O)n[nH]c1=O. The molecule has 3 aromatic carbocycles. The van der Waals surface area contributed by atoms with Gasteiger partial charge in [-0.25, -0.2) is 14.5 Å². The first-order valence-corrected chi connectivity index (χ1v) is 12.0. The molecule has 0 bridgehead atoms. The van der Waals surface area contributed by atoms with Crippen molar-refractivity contribution in [2.24, 2.45) is 0 Å². The number of phenolic OH excluding ortho intramolecular Hbond substituents is 2. The van der Waals surface area contributed by atoms with E-state index >= 15 is 0 Å². The van der Waals surface area contributed by atoms with E-state index in [0.717, 1.165) is 22.8 Å². The fraction of sp³-hybridized carbons (Fsp3) is 0.250. The zero-order chi connectivity index (χ0) is 26.7. The number of hydrogen-bond acceptors (Lipinski definition) is 6. The van der Waals surface area contributed by atoms with Gasteiger partial charge >= 0.3 is 5.69 Å². The van der Waals surface area contributed by atoms with Gasteiger partial charge in [0.05, 0.1) is 16.8 Å². The molecule has 0 aliphatic heterocycles. The summed E-state index contributed by atoms with van der Waals surface area (Å²) >= 11 is 0. The van der Waals surface area contributed by atoms with Gasteiger partial charge in [0.25, 0.3) is 5.91 Å². The second-order valence-electron chi connectivity index (χ2n) is 9.33. The third-order valence-electron chi connectivity index (χ3n) is 6.19. The van der Waals surface area contributed by atoms with E-state index < -0.39 is 11.6 Å². The highest BCUT2D eigenvalue weighted by atomic mass is 16.3. The first kappa shape index (κ1) is 25.7. The minimum absolute atomic E-state index is 0.0140. The zero-order valence-corrected chi connectivity index (χ0v) is 21.3. The van der Waals surface area contributed by atoms with Crippen LogP contribution < -0.4 is 11.0 Å². The van der Waals surface area contributed by atoms with Crippen molar-refractivity contribution in [1.82, 2.24) is 25.0 Å². The van der Waals surface area contributed by atoms with Crippen LogP contribution in [-0.4, -0.2) is 48.9 Å². The first-order valence-electron chi connectivity index (χ1n) is 12.0. The van der Waals surface area contributed by atoms with Crippen molar-refractivity contribution in [1.29, 1.82) is 0 Å². The van der Waals surface area contributed by atoms with Gasteiger partial charge in [-0.2, -0.15) is 5.10 Å². The molecule has 0 aliphatic carbocycles. The van der Waals surface area contributed by atoms with E-state index in [9.17, 15) is 19.8 Å². The number of H-pyrrole nitrogens is 1. The number of nitrogens with one attached hydrogen (secondary N) is 2. The third kappa shape index (κ3) is 5.41. The molecule has 0 saturated heterocycles. The van der Waals surface area contributed by atoms with E-state index in [-0.39, 0.29) is 28.5 Å². The number of amides is 1. The predicted octanol–water partition coefficient (Wildman–Crippen LogP) is 3.72. The molecular weight excluding hydrogens is 470 g/mol. The number of para-hydroxylation sites is 1. The van der Waals surface area contributed by atoms with Crippen LogP contribution in [0.15, 0.2) is 65.5 Å². The van der Waals surface area contributed by atoms with Gasteiger partial charge < -0.3 is 20.4 Å². The van der Waals surface area contributed by atoms with Crippen molar-refractivity contribution in [2.45, 2.75) is 39.9 Å². The molecule has 0 spiro atoms. The van der Waals surface area contributed by atoms with Crippen LogP contribution in [0.25, 0.3) is 17.1 Å². The average molecular weight is 502 g/mol. The van der Waals surface area contributed by atoms with E-state index in [1.54, 1.807) is 19.2 Å². The van der Waals surface area contributed by atoms with Crippen molar-refractivity contribution in [3.63, 3.8) is 0 Å². The largest absolute Gasteiger partial charge is 0.507 e. The molecule has 4 rings (SSSR count). The zero-order valence-electron chi connectivity index (χ0n) is 21.3. The Labute approximate surface area is 215 Å². The van der Waals surface area contributed by atoms with Crippen LogP contribution in [0, 0.1) is 6.92 Å². The molecule has 0 fully saturated rings. The Hall–Kier alpha value is -4.37. The Kier molecular flexibility index (Phi) is 7.45. The van der Waals surface area contributed by atoms with Gasteiger partial charge in [0.2, 0.25) is 0 Å². The predicted molar refractivity (Wildman–Crippen MR) is 142 cm³/mol. The fourth-order valence-electron chi connectivity index (χ4n) is 4.17. The fourth-order valence-corrected chi connectivity index (χ4v) is 4.17. The van der Waals surface area contributed by atoms with Crippen LogP contribution in [0.2, 0.25) is 0 Å². The topological polar surface area (TPSA) is 123 Å². The molecule has 4 aromatic rings. The minimum Gasteiger partial charge on any atom is -0.507 e. The van der Waals surface area contributed by atoms with Gasteiger partial charge in [-0.1, -0.05) is 56.3 Å². The van der Waals surface area contributed by atoms with E-state index in [4.69, 9.17) is 0 Å².